The lowest BCUT2D eigenvalue weighted by atomic mass is 10.0. The van der Waals surface area contributed by atoms with Gasteiger partial charge in [-0.15, -0.1) is 0 Å². The average Bonchev–Trinajstić information content (AvgIpc) is 2.38. The van der Waals surface area contributed by atoms with Crippen LogP contribution >= 0.6 is 8.60 Å². The van der Waals surface area contributed by atoms with E-state index in [0.717, 1.165) is 25.2 Å². The lowest BCUT2D eigenvalue weighted by Crippen LogP contribution is -2.00. The van der Waals surface area contributed by atoms with Gasteiger partial charge >= 0.3 is 8.60 Å². The lowest BCUT2D eigenvalue weighted by Gasteiger charge is -2.11. The highest BCUT2D eigenvalue weighted by atomic mass is 31.2. The molecular formula is C15H27O4P. The summed E-state index contributed by atoms with van der Waals surface area (Å²) >= 11 is 0. The van der Waals surface area contributed by atoms with Crippen LogP contribution in [0.3, 0.4) is 0 Å². The topological polar surface area (TPSA) is 69.9 Å². The van der Waals surface area contributed by atoms with E-state index in [0.29, 0.717) is 0 Å². The van der Waals surface area contributed by atoms with Crippen LogP contribution in [0.2, 0.25) is 0 Å². The molecule has 20 heavy (non-hydrogen) atoms. The summed E-state index contributed by atoms with van der Waals surface area (Å²) in [6, 6.07) is 6.52. The summed E-state index contributed by atoms with van der Waals surface area (Å²) in [4.78, 5) is 21.7. The van der Waals surface area contributed by atoms with Gasteiger partial charge in [0.15, 0.2) is 0 Å². The van der Waals surface area contributed by atoms with Gasteiger partial charge in [-0.2, -0.15) is 0 Å². The van der Waals surface area contributed by atoms with Crippen LogP contribution in [0.15, 0.2) is 18.2 Å². The van der Waals surface area contributed by atoms with Gasteiger partial charge in [-0.25, -0.2) is 0 Å². The lowest BCUT2D eigenvalue weighted by molar-refractivity contribution is 0.306. The molecule has 1 aromatic rings. The minimum Gasteiger partial charge on any atom is -0.493 e. The summed E-state index contributed by atoms with van der Waals surface area (Å²) in [6.45, 7) is 7.41. The molecule has 0 radical (unpaired) electrons. The van der Waals surface area contributed by atoms with Crippen LogP contribution in [-0.4, -0.2) is 21.3 Å². The molecule has 0 aliphatic heterocycles. The van der Waals surface area contributed by atoms with Crippen LogP contribution in [0.4, 0.5) is 0 Å². The Kier molecular flexibility index (Phi) is 11.7. The van der Waals surface area contributed by atoms with Gasteiger partial charge in [0.25, 0.3) is 0 Å². The molecule has 1 aromatic carbocycles. The van der Waals surface area contributed by atoms with Gasteiger partial charge in [0, 0.05) is 0 Å². The van der Waals surface area contributed by atoms with Crippen molar-refractivity contribution in [1.29, 1.82) is 0 Å². The van der Waals surface area contributed by atoms with E-state index in [9.17, 15) is 0 Å². The van der Waals surface area contributed by atoms with Crippen molar-refractivity contribution in [2.24, 2.45) is 0 Å². The smallest absolute Gasteiger partial charge is 0.324 e. The van der Waals surface area contributed by atoms with E-state index in [1.807, 2.05) is 0 Å². The van der Waals surface area contributed by atoms with Crippen molar-refractivity contribution < 1.29 is 19.4 Å². The molecule has 0 aliphatic carbocycles. The number of benzene rings is 1. The Labute approximate surface area is 123 Å². The molecule has 0 spiro atoms. The first-order valence-corrected chi connectivity index (χ1v) is 8.30. The van der Waals surface area contributed by atoms with E-state index < -0.39 is 8.60 Å². The van der Waals surface area contributed by atoms with E-state index in [1.54, 1.807) is 0 Å². The minimum atomic E-state index is -2.62. The standard InChI is InChI=1S/C15H24O.H3O3P/c1-4-6-8-14-12-13(3)9-10-15(14)16-11-7-5-2;1-4(2)3/h9-10,12H,4-8,11H2,1-3H3;1-3H. The number of ether oxygens (including phenoxy) is 1. The SMILES string of the molecule is CCCCOc1ccc(C)cc1CCCC.OP(O)O. The van der Waals surface area contributed by atoms with Crippen LogP contribution < -0.4 is 4.74 Å². The van der Waals surface area contributed by atoms with Crippen molar-refractivity contribution in [3.05, 3.63) is 29.3 Å². The number of unbranched alkanes of at least 4 members (excludes halogenated alkanes) is 2. The fourth-order valence-electron chi connectivity index (χ4n) is 1.74. The molecule has 0 atom stereocenters. The van der Waals surface area contributed by atoms with Crippen LogP contribution in [0, 0.1) is 6.92 Å². The molecule has 5 heteroatoms. The second-order valence-electron chi connectivity index (χ2n) is 4.69. The zero-order valence-electron chi connectivity index (χ0n) is 12.7. The number of aryl methyl sites for hydroxylation is 2. The fraction of sp³-hybridized carbons (Fsp3) is 0.600. The molecule has 4 nitrogen and oxygen atoms in total. The highest BCUT2D eigenvalue weighted by Gasteiger charge is 2.03. The first-order valence-electron chi connectivity index (χ1n) is 7.10. The van der Waals surface area contributed by atoms with Crippen LogP contribution in [0.1, 0.15) is 50.7 Å². The predicted molar refractivity (Wildman–Crippen MR) is 83.8 cm³/mol. The summed E-state index contributed by atoms with van der Waals surface area (Å²) < 4.78 is 5.83. The van der Waals surface area contributed by atoms with Gasteiger partial charge in [-0.05, 0) is 37.8 Å². The van der Waals surface area contributed by atoms with Crippen molar-refractivity contribution in [1.82, 2.24) is 0 Å². The Bertz CT molecular complexity index is 353. The van der Waals surface area contributed by atoms with E-state index in [2.05, 4.69) is 39.0 Å². The highest BCUT2D eigenvalue weighted by molar-refractivity contribution is 7.38. The van der Waals surface area contributed by atoms with E-state index in [1.165, 1.54) is 30.4 Å². The molecule has 0 unspecified atom stereocenters. The van der Waals surface area contributed by atoms with E-state index >= 15 is 0 Å². The Morgan fingerprint density at radius 1 is 1.05 bits per heavy atom. The normalized spacial score (nSPS) is 10.2. The molecule has 0 fully saturated rings. The van der Waals surface area contributed by atoms with Gasteiger partial charge in [-0.3, -0.25) is 0 Å². The van der Waals surface area contributed by atoms with Crippen LogP contribution in [-0.2, 0) is 6.42 Å². The van der Waals surface area contributed by atoms with Gasteiger partial charge in [0.05, 0.1) is 6.61 Å². The maximum Gasteiger partial charge on any atom is 0.324 e. The summed E-state index contributed by atoms with van der Waals surface area (Å²) in [5.41, 5.74) is 2.70. The molecule has 0 saturated heterocycles. The zero-order chi connectivity index (χ0) is 15.4. The quantitative estimate of drug-likeness (QED) is 0.530. The first kappa shape index (κ1) is 19.3. The van der Waals surface area contributed by atoms with Crippen LogP contribution in [0.25, 0.3) is 0 Å². The summed E-state index contributed by atoms with van der Waals surface area (Å²) in [5, 5.41) is 0. The zero-order valence-corrected chi connectivity index (χ0v) is 13.6. The third-order valence-corrected chi connectivity index (χ3v) is 2.77. The van der Waals surface area contributed by atoms with Gasteiger partial charge < -0.3 is 19.4 Å². The molecule has 0 amide bonds. The van der Waals surface area contributed by atoms with Gasteiger partial charge in [0.2, 0.25) is 0 Å². The second kappa shape index (κ2) is 12.1. The minimum absolute atomic E-state index is 0.846. The molecule has 1 rings (SSSR count). The highest BCUT2D eigenvalue weighted by Crippen LogP contribution is 2.22. The second-order valence-corrected chi connectivity index (χ2v) is 5.22. The number of rotatable bonds is 7. The number of hydrogen-bond acceptors (Lipinski definition) is 4. The third-order valence-electron chi connectivity index (χ3n) is 2.77. The van der Waals surface area contributed by atoms with Crippen molar-refractivity contribution in [2.45, 2.75) is 52.9 Å². The molecular weight excluding hydrogens is 275 g/mol. The van der Waals surface area contributed by atoms with Crippen molar-refractivity contribution in [3.63, 3.8) is 0 Å². The monoisotopic (exact) mass is 302 g/mol. The van der Waals surface area contributed by atoms with Crippen molar-refractivity contribution in [2.75, 3.05) is 6.61 Å². The van der Waals surface area contributed by atoms with Gasteiger partial charge in [0.1, 0.15) is 5.75 Å². The number of hydrogen-bond donors (Lipinski definition) is 3. The summed E-state index contributed by atoms with van der Waals surface area (Å²) in [6.07, 6.45) is 5.95. The largest absolute Gasteiger partial charge is 0.493 e. The van der Waals surface area contributed by atoms with Gasteiger partial charge in [-0.1, -0.05) is 44.4 Å². The predicted octanol–water partition coefficient (Wildman–Crippen LogP) is 3.71. The molecule has 0 aliphatic rings. The summed E-state index contributed by atoms with van der Waals surface area (Å²) in [5.74, 6) is 1.09. The van der Waals surface area contributed by atoms with Crippen molar-refractivity contribution in [3.8, 4) is 5.75 Å². The van der Waals surface area contributed by atoms with Crippen LogP contribution in [0.5, 0.6) is 5.75 Å². The molecule has 0 bridgehead atoms. The first-order chi connectivity index (χ1) is 9.51. The fourth-order valence-corrected chi connectivity index (χ4v) is 1.74. The maximum absolute atomic E-state index is 7.23. The molecule has 116 valence electrons. The Morgan fingerprint density at radius 3 is 2.20 bits per heavy atom. The summed E-state index contributed by atoms with van der Waals surface area (Å²) in [7, 11) is -2.62. The Hall–Kier alpha value is -0.670. The molecule has 0 aromatic heterocycles. The van der Waals surface area contributed by atoms with E-state index in [-0.39, 0.29) is 0 Å². The third kappa shape index (κ3) is 10.2. The van der Waals surface area contributed by atoms with Crippen molar-refractivity contribution >= 4 is 8.60 Å². The molecule has 0 saturated carbocycles. The Morgan fingerprint density at radius 2 is 1.65 bits per heavy atom. The Balaban J connectivity index is 0.000000796. The molecule has 3 N–H and O–H groups in total. The maximum atomic E-state index is 7.23. The average molecular weight is 302 g/mol. The van der Waals surface area contributed by atoms with E-state index in [4.69, 9.17) is 19.4 Å². The molecule has 0 heterocycles.